The van der Waals surface area contributed by atoms with E-state index >= 15 is 0 Å². The Labute approximate surface area is 141 Å². The summed E-state index contributed by atoms with van der Waals surface area (Å²) in [6.07, 6.45) is 6.76. The summed E-state index contributed by atoms with van der Waals surface area (Å²) in [6, 6.07) is 7.71. The van der Waals surface area contributed by atoms with Crippen LogP contribution in [-0.4, -0.2) is 42.6 Å². The number of anilines is 2. The summed E-state index contributed by atoms with van der Waals surface area (Å²) in [5, 5.41) is 0. The Morgan fingerprint density at radius 2 is 2.17 bits per heavy atom. The van der Waals surface area contributed by atoms with Crippen LogP contribution in [0, 0.1) is 5.41 Å². The maximum Gasteiger partial charge on any atom is 0.227 e. The average molecular weight is 324 g/mol. The van der Waals surface area contributed by atoms with Crippen molar-refractivity contribution in [2.75, 3.05) is 36.5 Å². The van der Waals surface area contributed by atoms with E-state index in [0.717, 1.165) is 43.3 Å². The zero-order valence-electron chi connectivity index (χ0n) is 13.7. The van der Waals surface area contributed by atoms with Gasteiger partial charge in [0.25, 0.3) is 0 Å². The van der Waals surface area contributed by atoms with Gasteiger partial charge in [-0.15, -0.1) is 0 Å². The van der Waals surface area contributed by atoms with Crippen LogP contribution in [0.4, 0.5) is 11.5 Å². The molecule has 3 heterocycles. The molecule has 0 radical (unpaired) electrons. The van der Waals surface area contributed by atoms with Gasteiger partial charge < -0.3 is 14.5 Å². The smallest absolute Gasteiger partial charge is 0.227 e. The number of methoxy groups -OCH3 is 1. The number of ether oxygens (including phenoxy) is 1. The number of nitrogens with zero attached hydrogens (tertiary/aromatic N) is 4. The number of carbonyl (C=O) groups is 1. The van der Waals surface area contributed by atoms with Crippen molar-refractivity contribution in [3.63, 3.8) is 0 Å². The zero-order valence-corrected chi connectivity index (χ0v) is 13.7. The largest absolute Gasteiger partial charge is 0.497 e. The molecule has 0 saturated carbocycles. The number of carbonyl (C=O) groups excluding carboxylic acids is 1. The van der Waals surface area contributed by atoms with Crippen LogP contribution in [0.5, 0.6) is 5.75 Å². The molecule has 1 spiro atoms. The Hall–Kier alpha value is -2.63. The van der Waals surface area contributed by atoms with Crippen molar-refractivity contribution in [2.24, 2.45) is 5.41 Å². The van der Waals surface area contributed by atoms with E-state index in [1.54, 1.807) is 25.7 Å². The number of rotatable bonds is 3. The van der Waals surface area contributed by atoms with Gasteiger partial charge in [0.2, 0.25) is 5.91 Å². The molecule has 0 N–H and O–H groups in total. The molecular formula is C18H20N4O2. The second-order valence-electron chi connectivity index (χ2n) is 6.59. The number of amides is 1. The summed E-state index contributed by atoms with van der Waals surface area (Å²) in [4.78, 5) is 25.3. The number of hydrogen-bond donors (Lipinski definition) is 0. The van der Waals surface area contributed by atoms with Gasteiger partial charge in [-0.2, -0.15) is 0 Å². The fourth-order valence-electron chi connectivity index (χ4n) is 3.77. The molecule has 1 aromatic carbocycles. The van der Waals surface area contributed by atoms with E-state index in [1.807, 2.05) is 29.2 Å². The highest BCUT2D eigenvalue weighted by molar-refractivity contribution is 5.96. The van der Waals surface area contributed by atoms with Gasteiger partial charge in [-0.1, -0.05) is 6.07 Å². The van der Waals surface area contributed by atoms with Crippen molar-refractivity contribution in [2.45, 2.75) is 12.8 Å². The van der Waals surface area contributed by atoms with Crippen LogP contribution in [0.3, 0.4) is 0 Å². The summed E-state index contributed by atoms with van der Waals surface area (Å²) < 4.78 is 5.28. The molecule has 0 aliphatic carbocycles. The minimum absolute atomic E-state index is 0.00230. The molecule has 2 fully saturated rings. The van der Waals surface area contributed by atoms with Crippen LogP contribution in [0.2, 0.25) is 0 Å². The lowest BCUT2D eigenvalue weighted by molar-refractivity contribution is -0.117. The molecular weight excluding hydrogens is 304 g/mol. The fraction of sp³-hybridized carbons (Fsp3) is 0.389. The fourth-order valence-corrected chi connectivity index (χ4v) is 3.77. The van der Waals surface area contributed by atoms with Crippen LogP contribution >= 0.6 is 0 Å². The molecule has 2 aromatic rings. The van der Waals surface area contributed by atoms with E-state index in [4.69, 9.17) is 4.74 Å². The molecule has 1 atom stereocenters. The van der Waals surface area contributed by atoms with Crippen molar-refractivity contribution >= 4 is 17.4 Å². The summed E-state index contributed by atoms with van der Waals surface area (Å²) in [7, 11) is 1.64. The Morgan fingerprint density at radius 3 is 2.96 bits per heavy atom. The summed E-state index contributed by atoms with van der Waals surface area (Å²) >= 11 is 0. The van der Waals surface area contributed by atoms with Crippen LogP contribution in [-0.2, 0) is 4.79 Å². The quantitative estimate of drug-likeness (QED) is 0.865. The number of aromatic nitrogens is 2. The predicted octanol–water partition coefficient (Wildman–Crippen LogP) is 2.12. The Kier molecular flexibility index (Phi) is 3.59. The van der Waals surface area contributed by atoms with Crippen molar-refractivity contribution in [1.82, 2.24) is 9.97 Å². The minimum Gasteiger partial charge on any atom is -0.497 e. The Morgan fingerprint density at radius 1 is 1.25 bits per heavy atom. The molecule has 2 saturated heterocycles. The molecule has 0 bridgehead atoms. The monoisotopic (exact) mass is 324 g/mol. The van der Waals surface area contributed by atoms with Gasteiger partial charge in [0.15, 0.2) is 0 Å². The second kappa shape index (κ2) is 5.78. The lowest BCUT2D eigenvalue weighted by atomic mass is 9.86. The molecule has 1 amide bonds. The molecule has 24 heavy (non-hydrogen) atoms. The van der Waals surface area contributed by atoms with Crippen molar-refractivity contribution < 1.29 is 9.53 Å². The third-order valence-corrected chi connectivity index (χ3v) is 5.00. The van der Waals surface area contributed by atoms with Gasteiger partial charge in [-0.3, -0.25) is 9.78 Å². The van der Waals surface area contributed by atoms with Crippen molar-refractivity contribution in [3.8, 4) is 5.75 Å². The van der Waals surface area contributed by atoms with Gasteiger partial charge >= 0.3 is 0 Å². The summed E-state index contributed by atoms with van der Waals surface area (Å²) in [5.74, 6) is 1.85. The molecule has 124 valence electrons. The summed E-state index contributed by atoms with van der Waals surface area (Å²) in [6.45, 7) is 2.51. The first-order chi connectivity index (χ1) is 11.7. The molecule has 6 heteroatoms. The molecule has 6 nitrogen and oxygen atoms in total. The van der Waals surface area contributed by atoms with Crippen LogP contribution in [0.1, 0.15) is 12.8 Å². The first kappa shape index (κ1) is 14.9. The molecule has 2 aliphatic rings. The SMILES string of the molecule is COc1cccc(N2C[C@]3(CCN(c4cnccn4)C3)CC2=O)c1. The van der Waals surface area contributed by atoms with Crippen molar-refractivity contribution in [3.05, 3.63) is 42.9 Å². The summed E-state index contributed by atoms with van der Waals surface area (Å²) in [5.41, 5.74) is 0.909. The zero-order chi connectivity index (χ0) is 16.6. The van der Waals surface area contributed by atoms with Gasteiger partial charge in [-0.05, 0) is 18.6 Å². The minimum atomic E-state index is -0.00230. The lowest BCUT2D eigenvalue weighted by Gasteiger charge is -2.24. The standard InChI is InChI=1S/C18H20N4O2/c1-24-15-4-2-3-14(9-15)22-13-18(10-17(22)23)5-8-21(12-18)16-11-19-6-7-20-16/h2-4,6-7,9,11H,5,8,10,12-13H2,1H3/t18-/m1/s1. The van der Waals surface area contributed by atoms with Crippen LogP contribution in [0.15, 0.2) is 42.9 Å². The normalized spacial score (nSPS) is 23.3. The van der Waals surface area contributed by atoms with Gasteiger partial charge in [0.05, 0.1) is 13.3 Å². The van der Waals surface area contributed by atoms with Crippen LogP contribution in [0.25, 0.3) is 0 Å². The van der Waals surface area contributed by atoms with E-state index in [1.165, 1.54) is 0 Å². The first-order valence-electron chi connectivity index (χ1n) is 8.15. The van der Waals surface area contributed by atoms with Gasteiger partial charge in [0.1, 0.15) is 11.6 Å². The molecule has 1 aromatic heterocycles. The van der Waals surface area contributed by atoms with E-state index in [9.17, 15) is 4.79 Å². The predicted molar refractivity (Wildman–Crippen MR) is 91.3 cm³/mol. The maximum absolute atomic E-state index is 12.6. The number of hydrogen-bond acceptors (Lipinski definition) is 5. The first-order valence-corrected chi connectivity index (χ1v) is 8.15. The lowest BCUT2D eigenvalue weighted by Crippen LogP contribution is -2.31. The Bertz CT molecular complexity index is 752. The van der Waals surface area contributed by atoms with E-state index < -0.39 is 0 Å². The van der Waals surface area contributed by atoms with E-state index in [0.29, 0.717) is 6.42 Å². The van der Waals surface area contributed by atoms with Crippen molar-refractivity contribution in [1.29, 1.82) is 0 Å². The van der Waals surface area contributed by atoms with Gasteiger partial charge in [-0.25, -0.2) is 4.98 Å². The third-order valence-electron chi connectivity index (χ3n) is 5.00. The third kappa shape index (κ3) is 2.58. The maximum atomic E-state index is 12.6. The highest BCUT2D eigenvalue weighted by Crippen LogP contribution is 2.43. The highest BCUT2D eigenvalue weighted by atomic mass is 16.5. The van der Waals surface area contributed by atoms with Gasteiger partial charge in [0, 0.05) is 55.6 Å². The van der Waals surface area contributed by atoms with E-state index in [2.05, 4.69) is 14.9 Å². The molecule has 2 aliphatic heterocycles. The highest BCUT2D eigenvalue weighted by Gasteiger charge is 2.48. The second-order valence-corrected chi connectivity index (χ2v) is 6.59. The molecule has 4 rings (SSSR count). The Balaban J connectivity index is 1.54. The van der Waals surface area contributed by atoms with E-state index in [-0.39, 0.29) is 11.3 Å². The van der Waals surface area contributed by atoms with Crippen LogP contribution < -0.4 is 14.5 Å². The molecule has 0 unspecified atom stereocenters. The average Bonchev–Trinajstić information content (AvgIpc) is 3.19. The topological polar surface area (TPSA) is 58.6 Å². The number of benzene rings is 1.